The highest BCUT2D eigenvalue weighted by molar-refractivity contribution is 5.77. The van der Waals surface area contributed by atoms with Gasteiger partial charge < -0.3 is 5.11 Å². The molecule has 2 aliphatic rings. The van der Waals surface area contributed by atoms with Gasteiger partial charge in [-0.25, -0.2) is 4.39 Å². The van der Waals surface area contributed by atoms with Crippen LogP contribution in [0.15, 0.2) is 18.2 Å². The Labute approximate surface area is 233 Å². The lowest BCUT2D eigenvalue weighted by molar-refractivity contribution is -0.158. The Bertz CT molecular complexity index is 825. The van der Waals surface area contributed by atoms with Crippen LogP contribution in [0, 0.1) is 17.2 Å². The highest BCUT2D eigenvalue weighted by Crippen LogP contribution is 2.57. The molecule has 2 atom stereocenters. The molecule has 0 saturated heterocycles. The van der Waals surface area contributed by atoms with Gasteiger partial charge in [-0.1, -0.05) is 129 Å². The first-order valence-electron chi connectivity index (χ1n) is 16.5. The SMILES string of the molecule is CCCCCCCc1ccc(C2(C3(C(=O)O)CCCCC(CCCCC)CC3)CCCCCCC2)c(F)c1. The van der Waals surface area contributed by atoms with Crippen molar-refractivity contribution in [3.8, 4) is 0 Å². The molecule has 1 N–H and O–H groups in total. The van der Waals surface area contributed by atoms with Crippen LogP contribution in [-0.4, -0.2) is 11.1 Å². The van der Waals surface area contributed by atoms with Crippen molar-refractivity contribution >= 4 is 5.97 Å². The van der Waals surface area contributed by atoms with E-state index in [-0.39, 0.29) is 5.82 Å². The van der Waals surface area contributed by atoms with E-state index in [1.165, 1.54) is 64.2 Å². The van der Waals surface area contributed by atoms with Crippen LogP contribution >= 0.6 is 0 Å². The van der Waals surface area contributed by atoms with Crippen molar-refractivity contribution in [2.75, 3.05) is 0 Å². The normalized spacial score (nSPS) is 24.7. The fourth-order valence-corrected chi connectivity index (χ4v) is 8.00. The molecule has 2 nitrogen and oxygen atoms in total. The van der Waals surface area contributed by atoms with Gasteiger partial charge in [-0.3, -0.25) is 4.79 Å². The number of carbonyl (C=O) groups is 1. The summed E-state index contributed by atoms with van der Waals surface area (Å²) in [6.07, 6.45) is 24.7. The first-order valence-corrected chi connectivity index (χ1v) is 16.5. The van der Waals surface area contributed by atoms with Crippen LogP contribution in [0.25, 0.3) is 0 Å². The van der Waals surface area contributed by atoms with Gasteiger partial charge in [0.15, 0.2) is 0 Å². The first kappa shape index (κ1) is 31.2. The average Bonchev–Trinajstić information content (AvgIpc) is 2.86. The molecule has 0 aliphatic heterocycles. The maximum Gasteiger partial charge on any atom is 0.310 e. The molecule has 2 saturated carbocycles. The van der Waals surface area contributed by atoms with Crippen molar-refractivity contribution < 1.29 is 14.3 Å². The van der Waals surface area contributed by atoms with Crippen molar-refractivity contribution in [1.82, 2.24) is 0 Å². The van der Waals surface area contributed by atoms with E-state index >= 15 is 4.39 Å². The van der Waals surface area contributed by atoms with Gasteiger partial charge in [0.25, 0.3) is 0 Å². The number of aryl methyl sites for hydroxylation is 1. The van der Waals surface area contributed by atoms with E-state index in [1.807, 2.05) is 6.07 Å². The molecule has 216 valence electrons. The summed E-state index contributed by atoms with van der Waals surface area (Å²) in [5.41, 5.74) is 0.325. The second kappa shape index (κ2) is 16.0. The number of aliphatic carboxylic acids is 1. The third-order valence-corrected chi connectivity index (χ3v) is 10.3. The summed E-state index contributed by atoms with van der Waals surface area (Å²) in [6.45, 7) is 4.48. The first-order chi connectivity index (χ1) is 18.5. The molecule has 3 heteroatoms. The van der Waals surface area contributed by atoms with Gasteiger partial charge in [0, 0.05) is 5.41 Å². The van der Waals surface area contributed by atoms with Gasteiger partial charge in [-0.2, -0.15) is 0 Å². The van der Waals surface area contributed by atoms with Gasteiger partial charge >= 0.3 is 5.97 Å². The molecule has 0 spiro atoms. The summed E-state index contributed by atoms with van der Waals surface area (Å²) in [4.78, 5) is 13.5. The van der Waals surface area contributed by atoms with E-state index in [0.29, 0.717) is 18.8 Å². The fraction of sp³-hybridized carbons (Fsp3) is 0.800. The number of hydrogen-bond donors (Lipinski definition) is 1. The summed E-state index contributed by atoms with van der Waals surface area (Å²) in [6, 6.07) is 5.92. The largest absolute Gasteiger partial charge is 0.481 e. The van der Waals surface area contributed by atoms with Gasteiger partial charge in [0.05, 0.1) is 5.41 Å². The zero-order chi connectivity index (χ0) is 27.3. The summed E-state index contributed by atoms with van der Waals surface area (Å²) < 4.78 is 16.2. The van der Waals surface area contributed by atoms with Crippen LogP contribution in [0.3, 0.4) is 0 Å². The zero-order valence-electron chi connectivity index (χ0n) is 24.8. The van der Waals surface area contributed by atoms with Crippen LogP contribution in [0.1, 0.15) is 166 Å². The predicted octanol–water partition coefficient (Wildman–Crippen LogP) is 10.9. The van der Waals surface area contributed by atoms with E-state index in [4.69, 9.17) is 0 Å². The molecule has 0 bridgehead atoms. The standard InChI is InChI=1S/C35H57FO2/c1-3-5-7-9-13-20-30-21-22-31(32(36)28-30)34(24-15-10-8-11-16-25-34)35(33(37)38)26-17-14-19-29(23-27-35)18-12-6-4-2/h21-22,28-29H,3-20,23-27H2,1-2H3,(H,37,38). The minimum absolute atomic E-state index is 0.140. The number of benzene rings is 1. The maximum atomic E-state index is 16.2. The average molecular weight is 529 g/mol. The lowest BCUT2D eigenvalue weighted by Crippen LogP contribution is -2.52. The van der Waals surface area contributed by atoms with E-state index in [9.17, 15) is 9.90 Å². The fourth-order valence-electron chi connectivity index (χ4n) is 8.00. The second-order valence-corrected chi connectivity index (χ2v) is 12.9. The molecule has 38 heavy (non-hydrogen) atoms. The van der Waals surface area contributed by atoms with Crippen LogP contribution in [-0.2, 0) is 16.6 Å². The molecule has 0 radical (unpaired) electrons. The van der Waals surface area contributed by atoms with E-state index in [1.54, 1.807) is 6.07 Å². The van der Waals surface area contributed by atoms with Crippen molar-refractivity contribution in [1.29, 1.82) is 0 Å². The number of hydrogen-bond acceptors (Lipinski definition) is 1. The summed E-state index contributed by atoms with van der Waals surface area (Å²) in [5.74, 6) is -0.184. The van der Waals surface area contributed by atoms with Gasteiger partial charge in [-0.15, -0.1) is 0 Å². The summed E-state index contributed by atoms with van der Waals surface area (Å²) in [7, 11) is 0. The molecule has 1 aromatic rings. The van der Waals surface area contributed by atoms with E-state index < -0.39 is 16.8 Å². The molecule has 2 aliphatic carbocycles. The Kier molecular flexibility index (Phi) is 13.1. The third kappa shape index (κ3) is 7.85. The molecule has 3 rings (SSSR count). The number of rotatable bonds is 13. The Balaban J connectivity index is 1.94. The minimum Gasteiger partial charge on any atom is -0.481 e. The number of halogens is 1. The summed E-state index contributed by atoms with van der Waals surface area (Å²) >= 11 is 0. The molecule has 2 unspecified atom stereocenters. The van der Waals surface area contributed by atoms with Gasteiger partial charge in [-0.05, 0) is 68.1 Å². The molecule has 0 aromatic heterocycles. The lowest BCUT2D eigenvalue weighted by atomic mass is 9.51. The van der Waals surface area contributed by atoms with E-state index in [0.717, 1.165) is 81.8 Å². The van der Waals surface area contributed by atoms with Crippen molar-refractivity contribution in [2.24, 2.45) is 11.3 Å². The van der Waals surface area contributed by atoms with Crippen LogP contribution in [0.5, 0.6) is 0 Å². The zero-order valence-corrected chi connectivity index (χ0v) is 24.8. The molecule has 0 amide bonds. The smallest absolute Gasteiger partial charge is 0.310 e. The Morgan fingerprint density at radius 2 is 1.47 bits per heavy atom. The number of unbranched alkanes of at least 4 members (excludes halogenated alkanes) is 6. The lowest BCUT2D eigenvalue weighted by Gasteiger charge is -2.51. The monoisotopic (exact) mass is 528 g/mol. The highest BCUT2D eigenvalue weighted by Gasteiger charge is 2.57. The predicted molar refractivity (Wildman–Crippen MR) is 158 cm³/mol. The van der Waals surface area contributed by atoms with Crippen molar-refractivity contribution in [3.63, 3.8) is 0 Å². The number of carboxylic acids is 1. The van der Waals surface area contributed by atoms with Gasteiger partial charge in [0.1, 0.15) is 5.82 Å². The molecular weight excluding hydrogens is 471 g/mol. The van der Waals surface area contributed by atoms with Gasteiger partial charge in [0.2, 0.25) is 0 Å². The Hall–Kier alpha value is -1.38. The Morgan fingerprint density at radius 3 is 2.16 bits per heavy atom. The highest BCUT2D eigenvalue weighted by atomic mass is 19.1. The quantitative estimate of drug-likeness (QED) is 0.258. The molecule has 1 aromatic carbocycles. The van der Waals surface area contributed by atoms with Crippen LogP contribution in [0.4, 0.5) is 4.39 Å². The second-order valence-electron chi connectivity index (χ2n) is 12.9. The van der Waals surface area contributed by atoms with Crippen molar-refractivity contribution in [2.45, 2.75) is 167 Å². The molecular formula is C35H57FO2. The van der Waals surface area contributed by atoms with Crippen molar-refractivity contribution in [3.05, 3.63) is 35.1 Å². The number of carboxylic acid groups (broad SMARTS) is 1. The minimum atomic E-state index is -0.865. The molecule has 0 heterocycles. The van der Waals surface area contributed by atoms with E-state index in [2.05, 4.69) is 19.9 Å². The topological polar surface area (TPSA) is 37.3 Å². The third-order valence-electron chi connectivity index (χ3n) is 10.3. The van der Waals surface area contributed by atoms with Crippen LogP contribution in [0.2, 0.25) is 0 Å². The van der Waals surface area contributed by atoms with Crippen LogP contribution < -0.4 is 0 Å². The maximum absolute atomic E-state index is 16.2. The Morgan fingerprint density at radius 1 is 0.816 bits per heavy atom. The summed E-state index contributed by atoms with van der Waals surface area (Å²) in [5, 5.41) is 11.1. The molecule has 2 fully saturated rings.